The number of ether oxygens (including phenoxy) is 1. The van der Waals surface area contributed by atoms with Crippen LogP contribution < -0.4 is 10.5 Å². The first-order chi connectivity index (χ1) is 16.7. The van der Waals surface area contributed by atoms with Crippen LogP contribution in [0.3, 0.4) is 0 Å². The Morgan fingerprint density at radius 3 is 1.97 bits per heavy atom. The number of anilines is 1. The summed E-state index contributed by atoms with van der Waals surface area (Å²) in [6.07, 6.45) is 0.843. The number of hydrogen-bond acceptors (Lipinski definition) is 4. The average Bonchev–Trinajstić information content (AvgIpc) is 3.34. The van der Waals surface area contributed by atoms with Crippen LogP contribution in [-0.4, -0.2) is 12.1 Å². The van der Waals surface area contributed by atoms with Gasteiger partial charge in [-0.25, -0.2) is 4.98 Å². The Morgan fingerprint density at radius 1 is 0.765 bits per heavy atom. The molecule has 0 aliphatic carbocycles. The largest absolute Gasteiger partial charge is 0.497 e. The Kier molecular flexibility index (Phi) is 6.41. The van der Waals surface area contributed by atoms with Gasteiger partial charge in [-0.3, -0.25) is 0 Å². The molecular weight excluding hydrogens is 436 g/mol. The molecule has 0 fully saturated rings. The van der Waals surface area contributed by atoms with Gasteiger partial charge in [-0.2, -0.15) is 0 Å². The number of benzene rings is 4. The molecule has 4 heteroatoms. The lowest BCUT2D eigenvalue weighted by molar-refractivity contribution is 0.414. The van der Waals surface area contributed by atoms with E-state index in [1.54, 1.807) is 7.11 Å². The Hall–Kier alpha value is -3.89. The predicted octanol–water partition coefficient (Wildman–Crippen LogP) is 7.44. The molecule has 0 aliphatic rings. The lowest BCUT2D eigenvalue weighted by Crippen LogP contribution is -2.06. The molecule has 0 radical (unpaired) electrons. The van der Waals surface area contributed by atoms with E-state index in [0.29, 0.717) is 5.13 Å². The van der Waals surface area contributed by atoms with Gasteiger partial charge in [0.25, 0.3) is 0 Å². The van der Waals surface area contributed by atoms with Gasteiger partial charge in [0, 0.05) is 11.3 Å². The summed E-state index contributed by atoms with van der Waals surface area (Å²) >= 11 is 1.49. The minimum absolute atomic E-state index is 0.127. The number of methoxy groups -OCH3 is 1. The Bertz CT molecular complexity index is 1360. The Labute approximate surface area is 204 Å². The summed E-state index contributed by atoms with van der Waals surface area (Å²) in [4.78, 5) is 4.60. The van der Waals surface area contributed by atoms with Crippen LogP contribution in [0.4, 0.5) is 5.13 Å². The molecule has 5 rings (SSSR count). The molecule has 1 atom stereocenters. The van der Waals surface area contributed by atoms with E-state index in [2.05, 4.69) is 101 Å². The normalized spacial score (nSPS) is 11.8. The van der Waals surface area contributed by atoms with Gasteiger partial charge in [0.15, 0.2) is 5.13 Å². The zero-order chi connectivity index (χ0) is 23.3. The van der Waals surface area contributed by atoms with Crippen LogP contribution in [0.25, 0.3) is 22.3 Å². The number of nitrogen functional groups attached to an aromatic ring is 1. The van der Waals surface area contributed by atoms with Gasteiger partial charge < -0.3 is 10.5 Å². The van der Waals surface area contributed by atoms with E-state index in [1.807, 2.05) is 12.1 Å². The van der Waals surface area contributed by atoms with E-state index in [0.717, 1.165) is 17.9 Å². The molecule has 0 spiro atoms. The zero-order valence-corrected chi connectivity index (χ0v) is 19.8. The van der Waals surface area contributed by atoms with E-state index in [9.17, 15) is 0 Å². The predicted molar refractivity (Wildman–Crippen MR) is 142 cm³/mol. The first-order valence-electron chi connectivity index (χ1n) is 11.3. The van der Waals surface area contributed by atoms with Gasteiger partial charge >= 0.3 is 0 Å². The van der Waals surface area contributed by atoms with Crippen LogP contribution in [-0.2, 0) is 6.42 Å². The van der Waals surface area contributed by atoms with Crippen molar-refractivity contribution in [3.05, 3.63) is 125 Å². The first kappa shape index (κ1) is 21.9. The number of nitrogens with two attached hydrogens (primary N) is 1. The second-order valence-electron chi connectivity index (χ2n) is 8.25. The molecule has 1 aromatic heterocycles. The van der Waals surface area contributed by atoms with Crippen molar-refractivity contribution in [2.75, 3.05) is 12.8 Å². The highest BCUT2D eigenvalue weighted by atomic mass is 32.1. The number of thiazole rings is 1. The summed E-state index contributed by atoms with van der Waals surface area (Å²) < 4.78 is 5.34. The molecule has 0 saturated heterocycles. The maximum Gasteiger partial charge on any atom is 0.180 e. The molecule has 0 bridgehead atoms. The van der Waals surface area contributed by atoms with Gasteiger partial charge in [-0.1, -0.05) is 91.0 Å². The number of nitrogens with zero attached hydrogens (tertiary/aromatic N) is 1. The third-order valence-electron chi connectivity index (χ3n) is 6.13. The van der Waals surface area contributed by atoms with Gasteiger partial charge in [0.2, 0.25) is 0 Å². The Morgan fingerprint density at radius 2 is 1.38 bits per heavy atom. The fourth-order valence-electron chi connectivity index (χ4n) is 4.35. The van der Waals surface area contributed by atoms with Crippen LogP contribution in [0, 0.1) is 0 Å². The van der Waals surface area contributed by atoms with Crippen LogP contribution >= 0.6 is 11.3 Å². The van der Waals surface area contributed by atoms with Crippen LogP contribution in [0.1, 0.15) is 22.7 Å². The van der Waals surface area contributed by atoms with Crippen molar-refractivity contribution in [2.24, 2.45) is 0 Å². The topological polar surface area (TPSA) is 48.1 Å². The number of hydrogen-bond donors (Lipinski definition) is 1. The molecule has 4 aromatic carbocycles. The van der Waals surface area contributed by atoms with Crippen molar-refractivity contribution < 1.29 is 4.74 Å². The molecular formula is C30H26N2OS. The van der Waals surface area contributed by atoms with E-state index in [-0.39, 0.29) is 5.92 Å². The fourth-order valence-corrected chi connectivity index (χ4v) is 4.97. The van der Waals surface area contributed by atoms with Crippen LogP contribution in [0.2, 0.25) is 0 Å². The van der Waals surface area contributed by atoms with Crippen molar-refractivity contribution in [3.63, 3.8) is 0 Å². The summed E-state index contributed by atoms with van der Waals surface area (Å²) in [5, 5.41) is 2.66. The number of aromatic nitrogens is 1. The summed E-state index contributed by atoms with van der Waals surface area (Å²) in [6.45, 7) is 0. The SMILES string of the molecule is COc1ccc([C@H](Cc2ccc(-c3ccccc3-c3ccccc3)cc2)c2csc(N)n2)cc1. The van der Waals surface area contributed by atoms with Crippen molar-refractivity contribution >= 4 is 16.5 Å². The molecule has 5 aromatic rings. The molecule has 0 aliphatic heterocycles. The maximum absolute atomic E-state index is 5.97. The van der Waals surface area contributed by atoms with Gasteiger partial charge in [0.1, 0.15) is 5.75 Å². The molecule has 0 amide bonds. The monoisotopic (exact) mass is 462 g/mol. The number of rotatable bonds is 7. The van der Waals surface area contributed by atoms with E-state index < -0.39 is 0 Å². The van der Waals surface area contributed by atoms with Crippen molar-refractivity contribution in [1.29, 1.82) is 0 Å². The minimum atomic E-state index is 0.127. The third kappa shape index (κ3) is 4.73. The standard InChI is InChI=1S/C30H26N2OS/c1-33-25-17-15-24(16-18-25)28(29-20-34-30(31)32-29)19-21-11-13-23(14-12-21)27-10-6-5-9-26(27)22-7-3-2-4-8-22/h2-18,20,28H,19H2,1H3,(H2,31,32)/t28-/m0/s1. The van der Waals surface area contributed by atoms with Gasteiger partial charge in [-0.05, 0) is 51.9 Å². The Balaban J connectivity index is 1.45. The lowest BCUT2D eigenvalue weighted by atomic mass is 9.88. The van der Waals surface area contributed by atoms with E-state index in [1.165, 1.54) is 44.7 Å². The summed E-state index contributed by atoms with van der Waals surface area (Å²) in [5.41, 5.74) is 14.3. The zero-order valence-electron chi connectivity index (χ0n) is 19.0. The molecule has 0 unspecified atom stereocenters. The highest BCUT2D eigenvalue weighted by Gasteiger charge is 2.18. The molecule has 34 heavy (non-hydrogen) atoms. The van der Waals surface area contributed by atoms with Crippen molar-refractivity contribution in [2.45, 2.75) is 12.3 Å². The van der Waals surface area contributed by atoms with Crippen molar-refractivity contribution in [3.8, 4) is 28.0 Å². The summed E-state index contributed by atoms with van der Waals surface area (Å²) in [6, 6.07) is 36.2. The summed E-state index contributed by atoms with van der Waals surface area (Å²) in [7, 11) is 1.69. The van der Waals surface area contributed by atoms with E-state index >= 15 is 0 Å². The quantitative estimate of drug-likeness (QED) is 0.273. The molecule has 1 heterocycles. The third-order valence-corrected chi connectivity index (χ3v) is 6.82. The fraction of sp³-hybridized carbons (Fsp3) is 0.100. The smallest absolute Gasteiger partial charge is 0.180 e. The van der Waals surface area contributed by atoms with Crippen molar-refractivity contribution in [1.82, 2.24) is 4.98 Å². The van der Waals surface area contributed by atoms with Crippen LogP contribution in [0.5, 0.6) is 5.75 Å². The molecule has 3 nitrogen and oxygen atoms in total. The second-order valence-corrected chi connectivity index (χ2v) is 9.14. The van der Waals surface area contributed by atoms with Gasteiger partial charge in [0.05, 0.1) is 12.8 Å². The maximum atomic E-state index is 5.97. The average molecular weight is 463 g/mol. The van der Waals surface area contributed by atoms with Gasteiger partial charge in [-0.15, -0.1) is 11.3 Å². The molecule has 2 N–H and O–H groups in total. The highest BCUT2D eigenvalue weighted by Crippen LogP contribution is 2.34. The van der Waals surface area contributed by atoms with E-state index in [4.69, 9.17) is 10.5 Å². The summed E-state index contributed by atoms with van der Waals surface area (Å²) in [5.74, 6) is 0.976. The first-order valence-corrected chi connectivity index (χ1v) is 12.2. The van der Waals surface area contributed by atoms with Crippen LogP contribution in [0.15, 0.2) is 109 Å². The minimum Gasteiger partial charge on any atom is -0.497 e. The second kappa shape index (κ2) is 9.94. The lowest BCUT2D eigenvalue weighted by Gasteiger charge is -2.17. The molecule has 168 valence electrons. The molecule has 0 saturated carbocycles. The highest BCUT2D eigenvalue weighted by molar-refractivity contribution is 7.13.